The molecule has 1 unspecified atom stereocenters. The second-order valence-electron chi connectivity index (χ2n) is 6.50. The molecule has 0 aliphatic heterocycles. The summed E-state index contributed by atoms with van der Waals surface area (Å²) in [7, 11) is 1.98. The molecule has 1 aromatic heterocycles. The lowest BCUT2D eigenvalue weighted by Gasteiger charge is -2.20. The molecule has 0 saturated carbocycles. The molecule has 0 fully saturated rings. The maximum absolute atomic E-state index is 4.56. The monoisotopic (exact) mass is 333 g/mol. The quantitative estimate of drug-likeness (QED) is 0.617. The van der Waals surface area contributed by atoms with Crippen molar-refractivity contribution in [3.63, 3.8) is 0 Å². The average Bonchev–Trinajstić information content (AvgIpc) is 3.02. The molecule has 3 heteroatoms. The minimum atomic E-state index is 0.305. The summed E-state index contributed by atoms with van der Waals surface area (Å²) in [6.45, 7) is 2.15. The zero-order chi connectivity index (χ0) is 17.5. The van der Waals surface area contributed by atoms with E-state index in [0.29, 0.717) is 6.04 Å². The van der Waals surface area contributed by atoms with Gasteiger partial charge in [-0.05, 0) is 36.8 Å². The number of aromatic nitrogens is 2. The second kappa shape index (κ2) is 8.52. The molecule has 2 aromatic carbocycles. The van der Waals surface area contributed by atoms with Gasteiger partial charge in [-0.1, -0.05) is 67.6 Å². The molecule has 0 aliphatic rings. The third-order valence-corrected chi connectivity index (χ3v) is 4.57. The first-order chi connectivity index (χ1) is 12.3. The van der Waals surface area contributed by atoms with E-state index < -0.39 is 0 Å². The molecule has 0 bridgehead atoms. The average molecular weight is 333 g/mol. The minimum Gasteiger partial charge on any atom is -0.375 e. The van der Waals surface area contributed by atoms with Gasteiger partial charge in [0.15, 0.2) is 0 Å². The van der Waals surface area contributed by atoms with Crippen LogP contribution in [0.4, 0.5) is 5.69 Å². The van der Waals surface area contributed by atoms with Crippen molar-refractivity contribution in [3.05, 3.63) is 83.7 Å². The van der Waals surface area contributed by atoms with Crippen molar-refractivity contribution >= 4 is 5.69 Å². The van der Waals surface area contributed by atoms with Gasteiger partial charge >= 0.3 is 0 Å². The van der Waals surface area contributed by atoms with Gasteiger partial charge in [0.2, 0.25) is 0 Å². The van der Waals surface area contributed by atoms with Crippen molar-refractivity contribution in [2.45, 2.75) is 38.6 Å². The molecule has 3 aromatic rings. The summed E-state index contributed by atoms with van der Waals surface area (Å²) in [5.41, 5.74) is 5.02. The van der Waals surface area contributed by atoms with E-state index in [4.69, 9.17) is 0 Å². The van der Waals surface area contributed by atoms with Gasteiger partial charge in [0.25, 0.3) is 0 Å². The largest absolute Gasteiger partial charge is 0.375 e. The summed E-state index contributed by atoms with van der Waals surface area (Å²) in [4.78, 5) is 0. The Hall–Kier alpha value is -2.55. The molecule has 1 N–H and O–H groups in total. The third kappa shape index (κ3) is 4.72. The third-order valence-electron chi connectivity index (χ3n) is 4.57. The summed E-state index contributed by atoms with van der Waals surface area (Å²) in [5, 5.41) is 8.30. The van der Waals surface area contributed by atoms with E-state index in [2.05, 4.69) is 84.2 Å². The number of rotatable bonds is 8. The standard InChI is InChI=1S/C22H27N3/c1-3-20-22(17-25(2)24-20)23-21(19-14-8-5-9-15-19)16-10-13-18-11-6-4-7-12-18/h4-9,11-12,14-15,17,21,23H,3,10,13,16H2,1-2H3. The molecule has 3 rings (SSSR count). The number of nitrogens with one attached hydrogen (secondary N) is 1. The summed E-state index contributed by atoms with van der Waals surface area (Å²) in [5.74, 6) is 0. The van der Waals surface area contributed by atoms with Crippen LogP contribution >= 0.6 is 0 Å². The number of hydrogen-bond donors (Lipinski definition) is 1. The van der Waals surface area contributed by atoms with Crippen LogP contribution in [0.1, 0.15) is 42.6 Å². The van der Waals surface area contributed by atoms with E-state index in [1.807, 2.05) is 11.7 Å². The van der Waals surface area contributed by atoms with E-state index in [0.717, 1.165) is 37.1 Å². The van der Waals surface area contributed by atoms with Crippen LogP contribution in [0.25, 0.3) is 0 Å². The molecule has 0 radical (unpaired) electrons. The van der Waals surface area contributed by atoms with Gasteiger partial charge in [-0.15, -0.1) is 0 Å². The zero-order valence-electron chi connectivity index (χ0n) is 15.2. The molecular formula is C22H27N3. The maximum Gasteiger partial charge on any atom is 0.0853 e. The van der Waals surface area contributed by atoms with Gasteiger partial charge in [-0.25, -0.2) is 0 Å². The zero-order valence-corrected chi connectivity index (χ0v) is 15.2. The highest BCUT2D eigenvalue weighted by molar-refractivity contribution is 5.48. The Labute approximate surface area is 150 Å². The fraction of sp³-hybridized carbons (Fsp3) is 0.318. The van der Waals surface area contributed by atoms with E-state index in [1.54, 1.807) is 0 Å². The summed E-state index contributed by atoms with van der Waals surface area (Å²) < 4.78 is 1.90. The Morgan fingerprint density at radius 3 is 2.36 bits per heavy atom. The van der Waals surface area contributed by atoms with E-state index >= 15 is 0 Å². The first-order valence-corrected chi connectivity index (χ1v) is 9.14. The van der Waals surface area contributed by atoms with Crippen molar-refractivity contribution in [2.75, 3.05) is 5.32 Å². The lowest BCUT2D eigenvalue weighted by Crippen LogP contribution is -2.12. The van der Waals surface area contributed by atoms with Crippen LogP contribution in [-0.4, -0.2) is 9.78 Å². The highest BCUT2D eigenvalue weighted by Crippen LogP contribution is 2.26. The lowest BCUT2D eigenvalue weighted by atomic mass is 9.98. The number of hydrogen-bond acceptors (Lipinski definition) is 2. The Morgan fingerprint density at radius 2 is 1.68 bits per heavy atom. The van der Waals surface area contributed by atoms with Gasteiger partial charge in [0.1, 0.15) is 0 Å². The molecular weight excluding hydrogens is 306 g/mol. The highest BCUT2D eigenvalue weighted by Gasteiger charge is 2.14. The van der Waals surface area contributed by atoms with Crippen molar-refractivity contribution < 1.29 is 0 Å². The predicted octanol–water partition coefficient (Wildman–Crippen LogP) is 5.16. The van der Waals surface area contributed by atoms with Crippen LogP contribution in [0.5, 0.6) is 0 Å². The van der Waals surface area contributed by atoms with Gasteiger partial charge in [-0.3, -0.25) is 4.68 Å². The van der Waals surface area contributed by atoms with Gasteiger partial charge in [0, 0.05) is 13.2 Å². The first kappa shape index (κ1) is 17.3. The minimum absolute atomic E-state index is 0.305. The van der Waals surface area contributed by atoms with Crippen LogP contribution in [0, 0.1) is 0 Å². The Kier molecular flexibility index (Phi) is 5.89. The van der Waals surface area contributed by atoms with E-state index in [9.17, 15) is 0 Å². The molecule has 0 aliphatic carbocycles. The summed E-state index contributed by atoms with van der Waals surface area (Å²) in [6.07, 6.45) is 6.38. The van der Waals surface area contributed by atoms with Crippen molar-refractivity contribution in [2.24, 2.45) is 7.05 Å². The van der Waals surface area contributed by atoms with Crippen molar-refractivity contribution in [1.82, 2.24) is 9.78 Å². The highest BCUT2D eigenvalue weighted by atomic mass is 15.3. The number of benzene rings is 2. The summed E-state index contributed by atoms with van der Waals surface area (Å²) >= 11 is 0. The van der Waals surface area contributed by atoms with Crippen molar-refractivity contribution in [1.29, 1.82) is 0 Å². The second-order valence-corrected chi connectivity index (χ2v) is 6.50. The molecule has 3 nitrogen and oxygen atoms in total. The van der Waals surface area contributed by atoms with Crippen LogP contribution < -0.4 is 5.32 Å². The van der Waals surface area contributed by atoms with Crippen LogP contribution in [0.3, 0.4) is 0 Å². The van der Waals surface area contributed by atoms with E-state index in [-0.39, 0.29) is 0 Å². The number of aryl methyl sites for hydroxylation is 3. The lowest BCUT2D eigenvalue weighted by molar-refractivity contribution is 0.643. The Balaban J connectivity index is 1.71. The van der Waals surface area contributed by atoms with Crippen molar-refractivity contribution in [3.8, 4) is 0 Å². The maximum atomic E-state index is 4.56. The molecule has 1 heterocycles. The first-order valence-electron chi connectivity index (χ1n) is 9.14. The molecule has 25 heavy (non-hydrogen) atoms. The van der Waals surface area contributed by atoms with Gasteiger partial charge in [0.05, 0.1) is 17.4 Å². The normalized spacial score (nSPS) is 12.1. The summed E-state index contributed by atoms with van der Waals surface area (Å²) in [6, 6.07) is 21.8. The molecule has 0 amide bonds. The smallest absolute Gasteiger partial charge is 0.0853 e. The molecule has 0 spiro atoms. The van der Waals surface area contributed by atoms with Crippen LogP contribution in [0.15, 0.2) is 66.9 Å². The number of nitrogens with zero attached hydrogens (tertiary/aromatic N) is 2. The van der Waals surface area contributed by atoms with Crippen LogP contribution in [-0.2, 0) is 19.9 Å². The van der Waals surface area contributed by atoms with Gasteiger partial charge < -0.3 is 5.32 Å². The topological polar surface area (TPSA) is 29.9 Å². The molecule has 0 saturated heterocycles. The van der Waals surface area contributed by atoms with Crippen LogP contribution in [0.2, 0.25) is 0 Å². The molecule has 1 atom stereocenters. The fourth-order valence-electron chi connectivity index (χ4n) is 3.27. The molecule has 130 valence electrons. The fourth-order valence-corrected chi connectivity index (χ4v) is 3.27. The predicted molar refractivity (Wildman–Crippen MR) is 105 cm³/mol. The Bertz CT molecular complexity index is 762. The number of anilines is 1. The van der Waals surface area contributed by atoms with Gasteiger partial charge in [-0.2, -0.15) is 5.10 Å². The Morgan fingerprint density at radius 1 is 1.00 bits per heavy atom. The van der Waals surface area contributed by atoms with E-state index in [1.165, 1.54) is 11.1 Å². The SMILES string of the molecule is CCc1nn(C)cc1NC(CCCc1ccccc1)c1ccccc1.